The molecule has 0 amide bonds. The average Bonchev–Trinajstić information content (AvgIpc) is 2.26. The summed E-state index contributed by atoms with van der Waals surface area (Å²) in [5, 5.41) is 0. The summed E-state index contributed by atoms with van der Waals surface area (Å²) in [6.45, 7) is 0. The van der Waals surface area contributed by atoms with Crippen molar-refractivity contribution in [3.05, 3.63) is 35.4 Å². The minimum Gasteiger partial charge on any atom is -0.459 e. The number of hydrogen-bond donors (Lipinski definition) is 0. The van der Waals surface area contributed by atoms with Crippen molar-refractivity contribution in [3.63, 3.8) is 0 Å². The SMILES string of the molecule is C#Cc1cccc(C#CC(=O)OC)c1. The topological polar surface area (TPSA) is 26.3 Å². The van der Waals surface area contributed by atoms with Gasteiger partial charge in [0.15, 0.2) is 0 Å². The molecule has 0 saturated heterocycles. The highest BCUT2D eigenvalue weighted by Crippen LogP contribution is 2.01. The van der Waals surface area contributed by atoms with E-state index in [0.29, 0.717) is 5.56 Å². The maximum absolute atomic E-state index is 10.7. The number of hydrogen-bond acceptors (Lipinski definition) is 2. The monoisotopic (exact) mass is 184 g/mol. The van der Waals surface area contributed by atoms with Gasteiger partial charge in [0, 0.05) is 17.0 Å². The van der Waals surface area contributed by atoms with Crippen LogP contribution in [-0.4, -0.2) is 13.1 Å². The van der Waals surface area contributed by atoms with Gasteiger partial charge in [-0.3, -0.25) is 0 Å². The summed E-state index contributed by atoms with van der Waals surface area (Å²) in [6, 6.07) is 7.09. The molecule has 0 saturated carbocycles. The zero-order valence-electron chi connectivity index (χ0n) is 7.70. The Morgan fingerprint density at radius 2 is 2.14 bits per heavy atom. The molecule has 0 aliphatic carbocycles. The molecule has 68 valence electrons. The third kappa shape index (κ3) is 2.69. The normalized spacial score (nSPS) is 8.00. The second kappa shape index (κ2) is 4.74. The van der Waals surface area contributed by atoms with Crippen LogP contribution in [0.5, 0.6) is 0 Å². The minimum atomic E-state index is -0.559. The Balaban J connectivity index is 2.91. The maximum Gasteiger partial charge on any atom is 0.384 e. The summed E-state index contributed by atoms with van der Waals surface area (Å²) < 4.78 is 4.38. The number of carbonyl (C=O) groups excluding carboxylic acids is 1. The molecule has 0 bridgehead atoms. The third-order valence-electron chi connectivity index (χ3n) is 1.52. The number of terminal acetylenes is 1. The van der Waals surface area contributed by atoms with Gasteiger partial charge >= 0.3 is 5.97 Å². The fourth-order valence-corrected chi connectivity index (χ4v) is 0.861. The highest BCUT2D eigenvalue weighted by Gasteiger charge is 1.91. The summed E-state index contributed by atoms with van der Waals surface area (Å²) in [7, 11) is 1.29. The van der Waals surface area contributed by atoms with Crippen LogP contribution in [0.4, 0.5) is 0 Å². The Hall–Kier alpha value is -2.19. The molecule has 0 radical (unpaired) electrons. The third-order valence-corrected chi connectivity index (χ3v) is 1.52. The number of carbonyl (C=O) groups is 1. The predicted molar refractivity (Wildman–Crippen MR) is 53.3 cm³/mol. The zero-order valence-corrected chi connectivity index (χ0v) is 7.70. The molecule has 0 aliphatic rings. The molecule has 0 unspecified atom stereocenters. The lowest BCUT2D eigenvalue weighted by Crippen LogP contribution is -1.94. The molecule has 1 aromatic rings. The molecule has 0 aromatic heterocycles. The second-order valence-corrected chi connectivity index (χ2v) is 2.47. The highest BCUT2D eigenvalue weighted by atomic mass is 16.5. The van der Waals surface area contributed by atoms with Gasteiger partial charge in [-0.1, -0.05) is 17.9 Å². The number of esters is 1. The fourth-order valence-electron chi connectivity index (χ4n) is 0.861. The summed E-state index contributed by atoms with van der Waals surface area (Å²) >= 11 is 0. The van der Waals surface area contributed by atoms with Gasteiger partial charge in [0.2, 0.25) is 0 Å². The van der Waals surface area contributed by atoms with Gasteiger partial charge in [-0.15, -0.1) is 6.42 Å². The van der Waals surface area contributed by atoms with Crippen LogP contribution in [0.2, 0.25) is 0 Å². The standard InChI is InChI=1S/C12H8O2/c1-3-10-5-4-6-11(9-10)7-8-12(13)14-2/h1,4-6,9H,2H3. The van der Waals surface area contributed by atoms with Crippen molar-refractivity contribution in [2.24, 2.45) is 0 Å². The van der Waals surface area contributed by atoms with Gasteiger partial charge in [0.05, 0.1) is 7.11 Å². The van der Waals surface area contributed by atoms with E-state index >= 15 is 0 Å². The van der Waals surface area contributed by atoms with Crippen LogP contribution in [0.3, 0.4) is 0 Å². The lowest BCUT2D eigenvalue weighted by atomic mass is 10.1. The Labute approximate surface area is 82.9 Å². The molecule has 2 nitrogen and oxygen atoms in total. The Bertz CT molecular complexity index is 441. The van der Waals surface area contributed by atoms with Crippen molar-refractivity contribution >= 4 is 5.97 Å². The summed E-state index contributed by atoms with van der Waals surface area (Å²) in [5.74, 6) is 6.90. The second-order valence-electron chi connectivity index (χ2n) is 2.47. The predicted octanol–water partition coefficient (Wildman–Crippen LogP) is 1.19. The zero-order chi connectivity index (χ0) is 10.4. The molecule has 0 fully saturated rings. The fraction of sp³-hybridized carbons (Fsp3) is 0.0833. The minimum absolute atomic E-state index is 0.559. The molecule has 2 heteroatoms. The molecule has 14 heavy (non-hydrogen) atoms. The number of rotatable bonds is 0. The largest absolute Gasteiger partial charge is 0.459 e. The molecule has 0 N–H and O–H groups in total. The van der Waals surface area contributed by atoms with Gasteiger partial charge in [-0.05, 0) is 18.2 Å². The molecule has 0 heterocycles. The first-order chi connectivity index (χ1) is 6.76. The number of ether oxygens (including phenoxy) is 1. The lowest BCUT2D eigenvalue weighted by molar-refractivity contribution is -0.133. The van der Waals surface area contributed by atoms with E-state index < -0.39 is 5.97 Å². The van der Waals surface area contributed by atoms with Gasteiger partial charge in [0.1, 0.15) is 0 Å². The molecule has 1 rings (SSSR count). The van der Waals surface area contributed by atoms with Gasteiger partial charge < -0.3 is 4.74 Å². The van der Waals surface area contributed by atoms with Crippen LogP contribution < -0.4 is 0 Å². The summed E-state index contributed by atoms with van der Waals surface area (Å²) in [4.78, 5) is 10.7. The van der Waals surface area contributed by atoms with Gasteiger partial charge in [-0.25, -0.2) is 4.79 Å². The van der Waals surface area contributed by atoms with Crippen molar-refractivity contribution < 1.29 is 9.53 Å². The van der Waals surface area contributed by atoms with E-state index in [0.717, 1.165) is 5.56 Å². The molecule has 0 spiro atoms. The van der Waals surface area contributed by atoms with Gasteiger partial charge in [-0.2, -0.15) is 0 Å². The van der Waals surface area contributed by atoms with E-state index in [9.17, 15) is 4.79 Å². The van der Waals surface area contributed by atoms with Crippen LogP contribution in [0.15, 0.2) is 24.3 Å². The summed E-state index contributed by atoms with van der Waals surface area (Å²) in [5.41, 5.74) is 1.44. The summed E-state index contributed by atoms with van der Waals surface area (Å²) in [6.07, 6.45) is 5.21. The molecule has 1 aromatic carbocycles. The van der Waals surface area contributed by atoms with Gasteiger partial charge in [0.25, 0.3) is 0 Å². The quantitative estimate of drug-likeness (QED) is 0.447. The highest BCUT2D eigenvalue weighted by molar-refractivity contribution is 5.89. The number of benzene rings is 1. The molecule has 0 aliphatic heterocycles. The first kappa shape index (κ1) is 9.89. The van der Waals surface area contributed by atoms with Crippen molar-refractivity contribution in [2.75, 3.05) is 7.11 Å². The van der Waals surface area contributed by atoms with Crippen LogP contribution in [0.25, 0.3) is 0 Å². The molecular weight excluding hydrogens is 176 g/mol. The van der Waals surface area contributed by atoms with Crippen molar-refractivity contribution in [3.8, 4) is 24.2 Å². The lowest BCUT2D eigenvalue weighted by Gasteiger charge is -1.91. The number of methoxy groups -OCH3 is 1. The Morgan fingerprint density at radius 3 is 2.79 bits per heavy atom. The van der Waals surface area contributed by atoms with Crippen molar-refractivity contribution in [1.82, 2.24) is 0 Å². The Morgan fingerprint density at radius 1 is 1.43 bits per heavy atom. The van der Waals surface area contributed by atoms with E-state index in [2.05, 4.69) is 22.5 Å². The first-order valence-electron chi connectivity index (χ1n) is 3.93. The van der Waals surface area contributed by atoms with E-state index in [-0.39, 0.29) is 0 Å². The molecule has 0 atom stereocenters. The first-order valence-corrected chi connectivity index (χ1v) is 3.93. The van der Waals surface area contributed by atoms with Crippen LogP contribution in [-0.2, 0) is 9.53 Å². The smallest absolute Gasteiger partial charge is 0.384 e. The maximum atomic E-state index is 10.7. The van der Waals surface area contributed by atoms with E-state index in [4.69, 9.17) is 6.42 Å². The van der Waals surface area contributed by atoms with E-state index in [1.807, 2.05) is 0 Å². The van der Waals surface area contributed by atoms with Crippen LogP contribution in [0.1, 0.15) is 11.1 Å². The van der Waals surface area contributed by atoms with Crippen LogP contribution in [0, 0.1) is 24.2 Å². The van der Waals surface area contributed by atoms with E-state index in [1.165, 1.54) is 7.11 Å². The van der Waals surface area contributed by atoms with Crippen molar-refractivity contribution in [1.29, 1.82) is 0 Å². The van der Waals surface area contributed by atoms with Crippen molar-refractivity contribution in [2.45, 2.75) is 0 Å². The Kier molecular flexibility index (Phi) is 3.35. The molecular formula is C12H8O2. The average molecular weight is 184 g/mol. The van der Waals surface area contributed by atoms with Crippen LogP contribution >= 0.6 is 0 Å². The van der Waals surface area contributed by atoms with E-state index in [1.54, 1.807) is 24.3 Å².